The fraction of sp³-hybridized carbons (Fsp3) is 0.333. The number of hydrogen-bond acceptors (Lipinski definition) is 9. The summed E-state index contributed by atoms with van der Waals surface area (Å²) >= 11 is 0. The molecule has 0 aromatic carbocycles. The van der Waals surface area contributed by atoms with Gasteiger partial charge >= 0.3 is 6.18 Å². The number of pyridine rings is 3. The monoisotopic (exact) mass is 582 g/mol. The molecule has 15 heteroatoms. The lowest BCUT2D eigenvalue weighted by molar-refractivity contribution is -0.138. The van der Waals surface area contributed by atoms with Gasteiger partial charge in [-0.15, -0.1) is 0 Å². The number of carbonyl (C=O) groups is 1. The third kappa shape index (κ3) is 6.03. The van der Waals surface area contributed by atoms with Crippen molar-refractivity contribution in [2.75, 3.05) is 17.2 Å². The number of imidazole rings is 1. The zero-order valence-corrected chi connectivity index (χ0v) is 22.5. The molecular weight excluding hydrogens is 557 g/mol. The quantitative estimate of drug-likeness (QED) is 0.324. The van der Waals surface area contributed by atoms with E-state index in [0.717, 1.165) is 23.8 Å². The zero-order valence-electron chi connectivity index (χ0n) is 22.5. The van der Waals surface area contributed by atoms with Crippen LogP contribution in [0.5, 0.6) is 11.5 Å². The highest BCUT2D eigenvalue weighted by molar-refractivity contribution is 5.90. The number of carbonyl (C=O) groups excluding carboxylic acids is 1. The van der Waals surface area contributed by atoms with Gasteiger partial charge in [0.25, 0.3) is 5.56 Å². The van der Waals surface area contributed by atoms with Gasteiger partial charge in [-0.05, 0) is 31.4 Å². The number of nitrogens with one attached hydrogen (secondary N) is 2. The van der Waals surface area contributed by atoms with Crippen LogP contribution in [0.3, 0.4) is 0 Å². The SMILES string of the molecule is Cn1cc(C(F)(F)F)cc(Nc2nc3ncc(Oc4ccnc(NC(=O)C[C@@H]5CCCCO5)c4)c(C#N)c3n2C)c1=O. The molecule has 1 aliphatic heterocycles. The van der Waals surface area contributed by atoms with Crippen molar-refractivity contribution in [2.45, 2.75) is 38.0 Å². The van der Waals surface area contributed by atoms with Gasteiger partial charge in [0.05, 0.1) is 24.3 Å². The lowest BCUT2D eigenvalue weighted by Crippen LogP contribution is -2.25. The number of halogens is 3. The Morgan fingerprint density at radius 1 is 1.26 bits per heavy atom. The van der Waals surface area contributed by atoms with Crippen LogP contribution in [0.2, 0.25) is 0 Å². The van der Waals surface area contributed by atoms with E-state index in [4.69, 9.17) is 9.47 Å². The molecule has 1 atom stereocenters. The lowest BCUT2D eigenvalue weighted by atomic mass is 10.1. The van der Waals surface area contributed by atoms with Gasteiger partial charge in [-0.3, -0.25) is 9.59 Å². The normalized spacial score (nSPS) is 15.3. The van der Waals surface area contributed by atoms with Crippen LogP contribution >= 0.6 is 0 Å². The predicted octanol–water partition coefficient (Wildman–Crippen LogP) is 4.39. The first-order valence-electron chi connectivity index (χ1n) is 12.9. The highest BCUT2D eigenvalue weighted by Crippen LogP contribution is 2.33. The molecule has 5 heterocycles. The van der Waals surface area contributed by atoms with Crippen molar-refractivity contribution >= 4 is 34.5 Å². The summed E-state index contributed by atoms with van der Waals surface area (Å²) in [4.78, 5) is 37.6. The van der Waals surface area contributed by atoms with Crippen molar-refractivity contribution in [3.63, 3.8) is 0 Å². The summed E-state index contributed by atoms with van der Waals surface area (Å²) in [6.07, 6.45) is 1.62. The van der Waals surface area contributed by atoms with E-state index in [2.05, 4.69) is 31.7 Å². The smallest absolute Gasteiger partial charge is 0.417 e. The molecule has 2 N–H and O–H groups in total. The van der Waals surface area contributed by atoms with Crippen molar-refractivity contribution in [2.24, 2.45) is 14.1 Å². The summed E-state index contributed by atoms with van der Waals surface area (Å²) in [5.74, 6) is 0.306. The van der Waals surface area contributed by atoms with E-state index in [1.165, 1.54) is 43.2 Å². The minimum Gasteiger partial charge on any atom is -0.454 e. The van der Waals surface area contributed by atoms with Crippen LogP contribution in [0.15, 0.2) is 41.6 Å². The topological polar surface area (TPSA) is 149 Å². The first-order chi connectivity index (χ1) is 20.0. The van der Waals surface area contributed by atoms with Gasteiger partial charge in [-0.1, -0.05) is 0 Å². The van der Waals surface area contributed by atoms with Crippen molar-refractivity contribution in [1.29, 1.82) is 5.26 Å². The zero-order chi connectivity index (χ0) is 30.0. The van der Waals surface area contributed by atoms with Gasteiger partial charge in [-0.25, -0.2) is 9.97 Å². The fourth-order valence-corrected chi connectivity index (χ4v) is 4.57. The lowest BCUT2D eigenvalue weighted by Gasteiger charge is -2.21. The molecule has 12 nitrogen and oxygen atoms in total. The van der Waals surface area contributed by atoms with Crippen LogP contribution in [-0.2, 0) is 29.8 Å². The minimum atomic E-state index is -4.67. The summed E-state index contributed by atoms with van der Waals surface area (Å²) < 4.78 is 53.7. The number of nitrogens with zero attached hydrogens (tertiary/aromatic N) is 6. The average Bonchev–Trinajstić information content (AvgIpc) is 3.26. The van der Waals surface area contributed by atoms with E-state index in [9.17, 15) is 28.0 Å². The van der Waals surface area contributed by atoms with Crippen molar-refractivity contribution < 1.29 is 27.4 Å². The van der Waals surface area contributed by atoms with Gasteiger partial charge in [0.2, 0.25) is 11.9 Å². The molecule has 4 aromatic rings. The third-order valence-electron chi connectivity index (χ3n) is 6.65. The van der Waals surface area contributed by atoms with Crippen LogP contribution in [0.4, 0.5) is 30.6 Å². The number of rotatable bonds is 7. The molecule has 0 saturated carbocycles. The van der Waals surface area contributed by atoms with Gasteiger partial charge in [0, 0.05) is 39.2 Å². The Hall–Kier alpha value is -4.97. The number of anilines is 3. The fourth-order valence-electron chi connectivity index (χ4n) is 4.57. The number of ether oxygens (including phenoxy) is 2. The van der Waals surface area contributed by atoms with E-state index in [-0.39, 0.29) is 64.1 Å². The largest absolute Gasteiger partial charge is 0.454 e. The molecule has 0 radical (unpaired) electrons. The van der Waals surface area contributed by atoms with E-state index < -0.39 is 17.3 Å². The van der Waals surface area contributed by atoms with Crippen molar-refractivity contribution in [3.8, 4) is 17.6 Å². The van der Waals surface area contributed by atoms with Gasteiger partial charge in [0.15, 0.2) is 11.4 Å². The first kappa shape index (κ1) is 28.6. The van der Waals surface area contributed by atoms with E-state index >= 15 is 0 Å². The standard InChI is InChI=1S/C27H25F3N8O4/c1-37-14-15(27(28,29)30)9-19(25(37)40)34-26-36-24-23(38(26)2)18(12-31)20(13-33-24)42-17-6-7-32-21(10-17)35-22(39)11-16-5-3-4-8-41-16/h6-7,9-10,13-14,16H,3-5,8,11H2,1-2H3,(H,32,35,39)(H,33,34,36)/t16-/m0/s1. The van der Waals surface area contributed by atoms with Gasteiger partial charge < -0.3 is 29.2 Å². The summed E-state index contributed by atoms with van der Waals surface area (Å²) in [6, 6.07) is 5.77. The maximum Gasteiger partial charge on any atom is 0.417 e. The Kier molecular flexibility index (Phi) is 7.81. The van der Waals surface area contributed by atoms with E-state index in [0.29, 0.717) is 18.9 Å². The van der Waals surface area contributed by atoms with E-state index in [1.54, 1.807) is 0 Å². The maximum atomic E-state index is 13.3. The van der Waals surface area contributed by atoms with Crippen LogP contribution < -0.4 is 20.9 Å². The second kappa shape index (κ2) is 11.5. The minimum absolute atomic E-state index is 0.0153. The number of aryl methyl sites for hydroxylation is 2. The van der Waals surface area contributed by atoms with Crippen molar-refractivity contribution in [3.05, 3.63) is 58.3 Å². The van der Waals surface area contributed by atoms with E-state index in [1.807, 2.05) is 0 Å². The molecule has 1 saturated heterocycles. The molecule has 0 spiro atoms. The summed E-state index contributed by atoms with van der Waals surface area (Å²) in [5, 5.41) is 15.3. The molecule has 0 unspecified atom stereocenters. The average molecular weight is 583 g/mol. The summed E-state index contributed by atoms with van der Waals surface area (Å²) in [5.41, 5.74) is -1.73. The predicted molar refractivity (Wildman–Crippen MR) is 144 cm³/mol. The van der Waals surface area contributed by atoms with Crippen LogP contribution in [-0.4, -0.2) is 42.7 Å². The number of alkyl halides is 3. The number of hydrogen-bond donors (Lipinski definition) is 2. The Morgan fingerprint density at radius 3 is 2.79 bits per heavy atom. The Labute approximate surface area is 236 Å². The van der Waals surface area contributed by atoms with Gasteiger partial charge in [-0.2, -0.15) is 23.4 Å². The first-order valence-corrected chi connectivity index (χ1v) is 12.9. The molecular formula is C27H25F3N8O4. The van der Waals surface area contributed by atoms with Crippen LogP contribution in [0.1, 0.15) is 36.8 Å². The Bertz CT molecular complexity index is 1750. The molecule has 0 aliphatic carbocycles. The number of aromatic nitrogens is 5. The molecule has 1 aliphatic rings. The molecule has 42 heavy (non-hydrogen) atoms. The maximum absolute atomic E-state index is 13.3. The molecule has 1 fully saturated rings. The number of fused-ring (bicyclic) bond motifs is 1. The third-order valence-corrected chi connectivity index (χ3v) is 6.65. The second-order valence-corrected chi connectivity index (χ2v) is 9.68. The van der Waals surface area contributed by atoms with Gasteiger partial charge in [0.1, 0.15) is 34.4 Å². The Balaban J connectivity index is 1.39. The van der Waals surface area contributed by atoms with Crippen molar-refractivity contribution in [1.82, 2.24) is 24.1 Å². The van der Waals surface area contributed by atoms with Crippen LogP contribution in [0.25, 0.3) is 11.2 Å². The highest BCUT2D eigenvalue weighted by Gasteiger charge is 2.32. The molecule has 5 rings (SSSR count). The summed E-state index contributed by atoms with van der Waals surface area (Å²) in [6.45, 7) is 0.636. The molecule has 1 amide bonds. The molecule has 4 aromatic heterocycles. The second-order valence-electron chi connectivity index (χ2n) is 9.68. The highest BCUT2D eigenvalue weighted by atomic mass is 19.4. The summed E-state index contributed by atoms with van der Waals surface area (Å²) in [7, 11) is 2.72. The van der Waals surface area contributed by atoms with Crippen LogP contribution in [0, 0.1) is 11.3 Å². The number of nitriles is 1. The molecule has 0 bridgehead atoms. The number of amides is 1. The molecule has 218 valence electrons. The Morgan fingerprint density at radius 2 is 2.07 bits per heavy atom.